The summed E-state index contributed by atoms with van der Waals surface area (Å²) in [5.74, 6) is 1.54. The highest BCUT2D eigenvalue weighted by molar-refractivity contribution is 5.74. The van der Waals surface area contributed by atoms with Gasteiger partial charge in [0.15, 0.2) is 0 Å². The van der Waals surface area contributed by atoms with E-state index in [1.165, 1.54) is 25.7 Å². The number of nitrogens with one attached hydrogen (secondary N) is 2. The molecule has 2 rings (SSSR count). The van der Waals surface area contributed by atoms with Crippen LogP contribution in [-0.4, -0.2) is 29.8 Å². The minimum Gasteiger partial charge on any atom is -0.396 e. The summed E-state index contributed by atoms with van der Waals surface area (Å²) in [6.07, 6.45) is 5.07. The van der Waals surface area contributed by atoms with Gasteiger partial charge in [-0.15, -0.1) is 0 Å². The van der Waals surface area contributed by atoms with Gasteiger partial charge >= 0.3 is 6.03 Å². The maximum absolute atomic E-state index is 11.8. The Kier molecular flexibility index (Phi) is 3.92. The normalized spacial score (nSPS) is 23.3. The molecule has 2 unspecified atom stereocenters. The van der Waals surface area contributed by atoms with Gasteiger partial charge in [0.2, 0.25) is 0 Å². The molecular weight excluding hydrogens is 216 g/mol. The van der Waals surface area contributed by atoms with E-state index in [-0.39, 0.29) is 24.6 Å². The van der Waals surface area contributed by atoms with E-state index in [1.807, 2.05) is 13.8 Å². The van der Waals surface area contributed by atoms with Crippen LogP contribution in [0.4, 0.5) is 4.79 Å². The molecule has 0 saturated heterocycles. The molecule has 0 aliphatic heterocycles. The molecule has 3 N–H and O–H groups in total. The van der Waals surface area contributed by atoms with E-state index in [2.05, 4.69) is 10.6 Å². The van der Waals surface area contributed by atoms with E-state index in [4.69, 9.17) is 5.11 Å². The topological polar surface area (TPSA) is 61.4 Å². The summed E-state index contributed by atoms with van der Waals surface area (Å²) in [5.41, 5.74) is 0. The fourth-order valence-corrected chi connectivity index (χ4v) is 2.23. The smallest absolute Gasteiger partial charge is 0.315 e. The molecule has 0 radical (unpaired) electrons. The molecule has 2 amide bonds. The number of aliphatic hydroxyl groups is 1. The fraction of sp³-hybridized carbons (Fsp3) is 0.923. The average Bonchev–Trinajstić information content (AvgIpc) is 3.17. The summed E-state index contributed by atoms with van der Waals surface area (Å²) in [6.45, 7) is 3.98. The number of carbonyl (C=O) groups is 1. The quantitative estimate of drug-likeness (QED) is 0.658. The van der Waals surface area contributed by atoms with Crippen molar-refractivity contribution in [2.75, 3.05) is 6.61 Å². The van der Waals surface area contributed by atoms with Crippen molar-refractivity contribution in [3.63, 3.8) is 0 Å². The lowest BCUT2D eigenvalue weighted by atomic mass is 10.1. The van der Waals surface area contributed by atoms with Gasteiger partial charge in [0, 0.05) is 18.7 Å². The Hall–Kier alpha value is -0.770. The van der Waals surface area contributed by atoms with Crippen molar-refractivity contribution in [2.24, 2.45) is 17.8 Å². The maximum Gasteiger partial charge on any atom is 0.315 e. The standard InChI is InChI=1S/C13H24N2O2/c1-8(7-16)9(2)14-13(17)15-12(10-3-4-10)11-5-6-11/h8-12,16H,3-7H2,1-2H3,(H2,14,15,17). The SMILES string of the molecule is CC(CO)C(C)NC(=O)NC(C1CC1)C1CC1. The van der Waals surface area contributed by atoms with Crippen molar-refractivity contribution in [2.45, 2.75) is 51.6 Å². The molecule has 0 heterocycles. The molecular formula is C13H24N2O2. The van der Waals surface area contributed by atoms with E-state index in [9.17, 15) is 4.79 Å². The summed E-state index contributed by atoms with van der Waals surface area (Å²) in [7, 11) is 0. The van der Waals surface area contributed by atoms with Crippen LogP contribution < -0.4 is 10.6 Å². The Balaban J connectivity index is 1.75. The van der Waals surface area contributed by atoms with Crippen molar-refractivity contribution in [3.8, 4) is 0 Å². The van der Waals surface area contributed by atoms with Crippen LogP contribution in [0.2, 0.25) is 0 Å². The number of amides is 2. The fourth-order valence-electron chi connectivity index (χ4n) is 2.23. The minimum atomic E-state index is -0.0680. The van der Waals surface area contributed by atoms with Crippen molar-refractivity contribution in [1.82, 2.24) is 10.6 Å². The van der Waals surface area contributed by atoms with Crippen LogP contribution in [-0.2, 0) is 0 Å². The predicted molar refractivity (Wildman–Crippen MR) is 66.6 cm³/mol. The first-order valence-corrected chi connectivity index (χ1v) is 6.79. The Morgan fingerprint density at radius 2 is 1.71 bits per heavy atom. The Morgan fingerprint density at radius 1 is 1.18 bits per heavy atom. The molecule has 2 atom stereocenters. The van der Waals surface area contributed by atoms with Gasteiger partial charge in [0.25, 0.3) is 0 Å². The Bertz CT molecular complexity index is 263. The van der Waals surface area contributed by atoms with Gasteiger partial charge in [-0.25, -0.2) is 4.79 Å². The van der Waals surface area contributed by atoms with Crippen LogP contribution >= 0.6 is 0 Å². The van der Waals surface area contributed by atoms with Crippen LogP contribution in [0, 0.1) is 17.8 Å². The second-order valence-corrected chi connectivity index (χ2v) is 5.77. The molecule has 0 spiro atoms. The highest BCUT2D eigenvalue weighted by atomic mass is 16.3. The molecule has 4 nitrogen and oxygen atoms in total. The van der Waals surface area contributed by atoms with Gasteiger partial charge in [-0.1, -0.05) is 6.92 Å². The molecule has 0 aromatic rings. The number of urea groups is 1. The van der Waals surface area contributed by atoms with Gasteiger partial charge in [0.1, 0.15) is 0 Å². The summed E-state index contributed by atoms with van der Waals surface area (Å²) in [5, 5.41) is 15.1. The zero-order chi connectivity index (χ0) is 12.4. The molecule has 0 aromatic carbocycles. The van der Waals surface area contributed by atoms with E-state index in [0.29, 0.717) is 6.04 Å². The first-order chi connectivity index (χ1) is 8.11. The lowest BCUT2D eigenvalue weighted by Gasteiger charge is -2.23. The van der Waals surface area contributed by atoms with Crippen molar-refractivity contribution in [3.05, 3.63) is 0 Å². The summed E-state index contributed by atoms with van der Waals surface area (Å²) in [4.78, 5) is 11.8. The van der Waals surface area contributed by atoms with Gasteiger partial charge in [0.05, 0.1) is 0 Å². The van der Waals surface area contributed by atoms with Crippen molar-refractivity contribution in [1.29, 1.82) is 0 Å². The van der Waals surface area contributed by atoms with E-state index in [0.717, 1.165) is 11.8 Å². The van der Waals surface area contributed by atoms with Crippen LogP contribution in [0.1, 0.15) is 39.5 Å². The predicted octanol–water partition coefficient (Wildman–Crippen LogP) is 1.49. The molecule has 0 aromatic heterocycles. The first kappa shape index (κ1) is 12.7. The Morgan fingerprint density at radius 3 is 2.12 bits per heavy atom. The van der Waals surface area contributed by atoms with Crippen LogP contribution in [0.3, 0.4) is 0 Å². The average molecular weight is 240 g/mol. The summed E-state index contributed by atoms with van der Waals surface area (Å²) >= 11 is 0. The second-order valence-electron chi connectivity index (χ2n) is 5.77. The molecule has 98 valence electrons. The van der Waals surface area contributed by atoms with E-state index in [1.54, 1.807) is 0 Å². The summed E-state index contributed by atoms with van der Waals surface area (Å²) in [6, 6.07) is 0.340. The van der Waals surface area contributed by atoms with Crippen LogP contribution in [0.5, 0.6) is 0 Å². The lowest BCUT2D eigenvalue weighted by Crippen LogP contribution is -2.49. The molecule has 17 heavy (non-hydrogen) atoms. The number of carbonyl (C=O) groups excluding carboxylic acids is 1. The zero-order valence-electron chi connectivity index (χ0n) is 10.8. The third-order valence-corrected chi connectivity index (χ3v) is 4.06. The number of aliphatic hydroxyl groups excluding tert-OH is 1. The van der Waals surface area contributed by atoms with E-state index < -0.39 is 0 Å². The van der Waals surface area contributed by atoms with Gasteiger partial charge in [-0.05, 0) is 50.4 Å². The number of hydrogen-bond donors (Lipinski definition) is 3. The molecule has 4 heteroatoms. The third-order valence-electron chi connectivity index (χ3n) is 4.06. The highest BCUT2D eigenvalue weighted by Crippen LogP contribution is 2.44. The Labute approximate surface area is 103 Å². The van der Waals surface area contributed by atoms with Crippen LogP contribution in [0.15, 0.2) is 0 Å². The highest BCUT2D eigenvalue weighted by Gasteiger charge is 2.42. The summed E-state index contributed by atoms with van der Waals surface area (Å²) < 4.78 is 0. The van der Waals surface area contributed by atoms with E-state index >= 15 is 0 Å². The monoisotopic (exact) mass is 240 g/mol. The largest absolute Gasteiger partial charge is 0.396 e. The molecule has 2 aliphatic carbocycles. The molecule has 2 fully saturated rings. The first-order valence-electron chi connectivity index (χ1n) is 6.79. The molecule has 2 saturated carbocycles. The number of hydrogen-bond acceptors (Lipinski definition) is 2. The van der Waals surface area contributed by atoms with Crippen LogP contribution in [0.25, 0.3) is 0 Å². The second kappa shape index (κ2) is 5.25. The molecule has 0 bridgehead atoms. The van der Waals surface area contributed by atoms with Gasteiger partial charge in [-0.3, -0.25) is 0 Å². The zero-order valence-corrected chi connectivity index (χ0v) is 10.8. The maximum atomic E-state index is 11.8. The molecule has 2 aliphatic rings. The lowest BCUT2D eigenvalue weighted by molar-refractivity contribution is 0.197. The third kappa shape index (κ3) is 3.60. The number of rotatable bonds is 6. The minimum absolute atomic E-state index is 0.0130. The van der Waals surface area contributed by atoms with Gasteiger partial charge in [-0.2, -0.15) is 0 Å². The van der Waals surface area contributed by atoms with Crippen molar-refractivity contribution >= 4 is 6.03 Å². The van der Waals surface area contributed by atoms with Gasteiger partial charge < -0.3 is 15.7 Å². The van der Waals surface area contributed by atoms with Crippen molar-refractivity contribution < 1.29 is 9.90 Å².